The van der Waals surface area contributed by atoms with Crippen molar-refractivity contribution in [3.8, 4) is 17.1 Å². The number of rotatable bonds is 7. The molecule has 2 N–H and O–H groups in total. The maximum Gasteiger partial charge on any atom is 0.340 e. The van der Waals surface area contributed by atoms with Gasteiger partial charge in [-0.15, -0.1) is 0 Å². The van der Waals surface area contributed by atoms with E-state index in [1.807, 2.05) is 13.8 Å². The van der Waals surface area contributed by atoms with Crippen molar-refractivity contribution in [2.75, 3.05) is 18.5 Å². The standard InChI is InChI=1S/C23H24FNO5/c1-13(2)29-20-10-17-19(11-18(20)25-12-16-4-3-9-28-16)30-22(21(17)23(26)27)14-5-7-15(24)8-6-14/h5-8,10-11,13,16,25H,3-4,9,12H2,1-2H3,(H,26,27). The SMILES string of the molecule is CC(C)Oc1cc2c(C(=O)O)c(-c3ccc(F)cc3)oc2cc1NCC1CCCO1. The van der Waals surface area contributed by atoms with Gasteiger partial charge >= 0.3 is 5.97 Å². The van der Waals surface area contributed by atoms with Gasteiger partial charge in [0.1, 0.15) is 28.5 Å². The van der Waals surface area contributed by atoms with Crippen LogP contribution in [0.15, 0.2) is 40.8 Å². The number of anilines is 1. The Bertz CT molecular complexity index is 1050. The number of nitrogens with one attached hydrogen (secondary N) is 1. The molecule has 0 bridgehead atoms. The van der Waals surface area contributed by atoms with Gasteiger partial charge in [-0.2, -0.15) is 0 Å². The zero-order valence-corrected chi connectivity index (χ0v) is 16.9. The van der Waals surface area contributed by atoms with Crippen LogP contribution in [0.2, 0.25) is 0 Å². The van der Waals surface area contributed by atoms with Crippen LogP contribution in [0.25, 0.3) is 22.3 Å². The number of aromatic carboxylic acids is 1. The van der Waals surface area contributed by atoms with Gasteiger partial charge in [-0.3, -0.25) is 0 Å². The van der Waals surface area contributed by atoms with Gasteiger partial charge in [-0.1, -0.05) is 0 Å². The Kier molecular flexibility index (Phi) is 5.63. The summed E-state index contributed by atoms with van der Waals surface area (Å²) in [6, 6.07) is 8.99. The number of carboxylic acid groups (broad SMARTS) is 1. The van der Waals surface area contributed by atoms with Crippen LogP contribution in [0.4, 0.5) is 10.1 Å². The topological polar surface area (TPSA) is 80.9 Å². The Morgan fingerprint density at radius 1 is 1.30 bits per heavy atom. The molecule has 2 heterocycles. The van der Waals surface area contributed by atoms with Crippen molar-refractivity contribution in [2.24, 2.45) is 0 Å². The highest BCUT2D eigenvalue weighted by Gasteiger charge is 2.24. The van der Waals surface area contributed by atoms with E-state index in [0.29, 0.717) is 34.5 Å². The number of carbonyl (C=O) groups is 1. The molecule has 158 valence electrons. The lowest BCUT2D eigenvalue weighted by molar-refractivity contribution is 0.0699. The summed E-state index contributed by atoms with van der Waals surface area (Å²) in [4.78, 5) is 12.0. The molecule has 1 aliphatic heterocycles. The molecule has 0 aliphatic carbocycles. The molecule has 3 aromatic rings. The number of fused-ring (bicyclic) bond motifs is 1. The Balaban J connectivity index is 1.79. The fraction of sp³-hybridized carbons (Fsp3) is 0.348. The van der Waals surface area contributed by atoms with E-state index >= 15 is 0 Å². The molecule has 1 aromatic heterocycles. The molecular formula is C23H24FNO5. The molecule has 1 fully saturated rings. The molecule has 6 nitrogen and oxygen atoms in total. The van der Waals surface area contributed by atoms with Gasteiger partial charge in [0.15, 0.2) is 0 Å². The number of halogens is 1. The highest BCUT2D eigenvalue weighted by molar-refractivity contribution is 6.09. The minimum atomic E-state index is -1.12. The van der Waals surface area contributed by atoms with Crippen LogP contribution in [-0.2, 0) is 4.74 Å². The number of furan rings is 1. The second-order valence-electron chi connectivity index (χ2n) is 7.65. The van der Waals surface area contributed by atoms with Crippen LogP contribution in [0.5, 0.6) is 5.75 Å². The van der Waals surface area contributed by atoms with Crippen LogP contribution >= 0.6 is 0 Å². The average Bonchev–Trinajstić information content (AvgIpc) is 3.33. The Morgan fingerprint density at radius 2 is 2.07 bits per heavy atom. The Hall–Kier alpha value is -3.06. The van der Waals surface area contributed by atoms with E-state index in [1.165, 1.54) is 24.3 Å². The zero-order valence-electron chi connectivity index (χ0n) is 16.9. The second-order valence-corrected chi connectivity index (χ2v) is 7.65. The van der Waals surface area contributed by atoms with E-state index < -0.39 is 11.8 Å². The zero-order chi connectivity index (χ0) is 21.3. The van der Waals surface area contributed by atoms with Crippen molar-refractivity contribution < 1.29 is 28.2 Å². The number of ether oxygens (including phenoxy) is 2. The summed E-state index contributed by atoms with van der Waals surface area (Å²) < 4.78 is 30.9. The number of carboxylic acids is 1. The third kappa shape index (κ3) is 4.11. The lowest BCUT2D eigenvalue weighted by Crippen LogP contribution is -2.19. The highest BCUT2D eigenvalue weighted by atomic mass is 19.1. The summed E-state index contributed by atoms with van der Waals surface area (Å²) in [6.07, 6.45) is 2.08. The van der Waals surface area contributed by atoms with Crippen molar-refractivity contribution in [3.05, 3.63) is 47.8 Å². The number of benzene rings is 2. The van der Waals surface area contributed by atoms with E-state index in [9.17, 15) is 14.3 Å². The van der Waals surface area contributed by atoms with Crippen LogP contribution in [0.1, 0.15) is 37.0 Å². The van der Waals surface area contributed by atoms with Gasteiger partial charge in [0.25, 0.3) is 0 Å². The number of hydrogen-bond acceptors (Lipinski definition) is 5. The third-order valence-corrected chi connectivity index (χ3v) is 5.02. The molecule has 1 atom stereocenters. The molecule has 0 saturated carbocycles. The molecule has 2 aromatic carbocycles. The van der Waals surface area contributed by atoms with Crippen LogP contribution in [-0.4, -0.2) is 36.4 Å². The maximum absolute atomic E-state index is 13.3. The molecule has 1 saturated heterocycles. The molecule has 0 radical (unpaired) electrons. The predicted molar refractivity (Wildman–Crippen MR) is 112 cm³/mol. The highest BCUT2D eigenvalue weighted by Crippen LogP contribution is 2.39. The summed E-state index contributed by atoms with van der Waals surface area (Å²) in [5.41, 5.74) is 1.64. The molecule has 1 aliphatic rings. The average molecular weight is 413 g/mol. The lowest BCUT2D eigenvalue weighted by Gasteiger charge is -2.17. The van der Waals surface area contributed by atoms with Crippen molar-refractivity contribution in [1.82, 2.24) is 0 Å². The smallest absolute Gasteiger partial charge is 0.340 e. The minimum absolute atomic E-state index is 0.0240. The van der Waals surface area contributed by atoms with Gasteiger partial charge < -0.3 is 24.3 Å². The predicted octanol–water partition coefficient (Wildman–Crippen LogP) is 5.32. The van der Waals surface area contributed by atoms with Gasteiger partial charge in [0, 0.05) is 30.2 Å². The first-order valence-corrected chi connectivity index (χ1v) is 10.0. The van der Waals surface area contributed by atoms with Crippen LogP contribution < -0.4 is 10.1 Å². The van der Waals surface area contributed by atoms with E-state index in [2.05, 4.69) is 5.32 Å². The second kappa shape index (κ2) is 8.36. The lowest BCUT2D eigenvalue weighted by atomic mass is 10.0. The number of hydrogen-bond donors (Lipinski definition) is 2. The van der Waals surface area contributed by atoms with E-state index in [4.69, 9.17) is 13.9 Å². The molecule has 0 amide bonds. The minimum Gasteiger partial charge on any atom is -0.489 e. The summed E-state index contributed by atoms with van der Waals surface area (Å²) in [5.74, 6) is -0.794. The van der Waals surface area contributed by atoms with Gasteiger partial charge in [-0.25, -0.2) is 9.18 Å². The summed E-state index contributed by atoms with van der Waals surface area (Å²) in [7, 11) is 0. The Morgan fingerprint density at radius 3 is 2.70 bits per heavy atom. The van der Waals surface area contributed by atoms with E-state index in [0.717, 1.165) is 19.4 Å². The molecule has 30 heavy (non-hydrogen) atoms. The quantitative estimate of drug-likeness (QED) is 0.546. The Labute approximate surface area is 173 Å². The molecule has 7 heteroatoms. The van der Waals surface area contributed by atoms with Crippen molar-refractivity contribution >= 4 is 22.6 Å². The first kappa shape index (κ1) is 20.2. The third-order valence-electron chi connectivity index (χ3n) is 5.02. The monoisotopic (exact) mass is 413 g/mol. The maximum atomic E-state index is 13.3. The first-order chi connectivity index (χ1) is 14.4. The van der Waals surface area contributed by atoms with E-state index in [1.54, 1.807) is 12.1 Å². The normalized spacial score (nSPS) is 16.3. The summed E-state index contributed by atoms with van der Waals surface area (Å²) >= 11 is 0. The van der Waals surface area contributed by atoms with Gasteiger partial charge in [0.05, 0.1) is 17.9 Å². The van der Waals surface area contributed by atoms with Crippen LogP contribution in [0.3, 0.4) is 0 Å². The van der Waals surface area contributed by atoms with Crippen molar-refractivity contribution in [1.29, 1.82) is 0 Å². The molecule has 1 unspecified atom stereocenters. The van der Waals surface area contributed by atoms with Crippen molar-refractivity contribution in [2.45, 2.75) is 38.9 Å². The van der Waals surface area contributed by atoms with Crippen molar-refractivity contribution in [3.63, 3.8) is 0 Å². The molecule has 4 rings (SSSR count). The fourth-order valence-electron chi connectivity index (χ4n) is 3.66. The molecular weight excluding hydrogens is 389 g/mol. The first-order valence-electron chi connectivity index (χ1n) is 10.0. The van der Waals surface area contributed by atoms with Gasteiger partial charge in [-0.05, 0) is 57.0 Å². The molecule has 0 spiro atoms. The summed E-state index contributed by atoms with van der Waals surface area (Å²) in [5, 5.41) is 13.6. The fourth-order valence-corrected chi connectivity index (χ4v) is 3.66. The van der Waals surface area contributed by atoms with Gasteiger partial charge in [0.2, 0.25) is 0 Å². The largest absolute Gasteiger partial charge is 0.489 e. The van der Waals surface area contributed by atoms with Crippen LogP contribution in [0, 0.1) is 5.82 Å². The van der Waals surface area contributed by atoms with E-state index in [-0.39, 0.29) is 23.5 Å². The summed E-state index contributed by atoms with van der Waals surface area (Å²) in [6.45, 7) is 5.20.